The fourth-order valence-electron chi connectivity index (χ4n) is 6.76. The summed E-state index contributed by atoms with van der Waals surface area (Å²) in [5, 5.41) is 4.68. The van der Waals surface area contributed by atoms with Crippen molar-refractivity contribution in [1.82, 2.24) is 19.4 Å². The van der Waals surface area contributed by atoms with Crippen molar-refractivity contribution < 1.29 is 9.59 Å². The number of imide groups is 1. The molecule has 2 aromatic heterocycles. The Labute approximate surface area is 203 Å². The molecule has 0 spiro atoms. The van der Waals surface area contributed by atoms with Gasteiger partial charge < -0.3 is 14.0 Å². The van der Waals surface area contributed by atoms with E-state index in [1.54, 1.807) is 0 Å². The second-order valence-electron chi connectivity index (χ2n) is 10.2. The molecule has 5 heterocycles. The molecular formula is C29H28N4O2. The molecule has 4 aromatic rings. The highest BCUT2D eigenvalue weighted by Gasteiger charge is 2.41. The van der Waals surface area contributed by atoms with Crippen molar-refractivity contribution >= 4 is 44.8 Å². The Morgan fingerprint density at radius 1 is 0.857 bits per heavy atom. The van der Waals surface area contributed by atoms with E-state index in [0.717, 1.165) is 65.5 Å². The van der Waals surface area contributed by atoms with Crippen molar-refractivity contribution in [2.45, 2.75) is 19.9 Å². The van der Waals surface area contributed by atoms with Gasteiger partial charge in [0.05, 0.1) is 11.1 Å². The van der Waals surface area contributed by atoms with Crippen LogP contribution in [0.25, 0.3) is 33.0 Å². The number of carbonyl (C=O) groups is 2. The molecular weight excluding hydrogens is 436 g/mol. The van der Waals surface area contributed by atoms with Gasteiger partial charge >= 0.3 is 0 Å². The van der Waals surface area contributed by atoms with E-state index in [0.29, 0.717) is 23.0 Å². The molecule has 6 nitrogen and oxygen atoms in total. The Bertz CT molecular complexity index is 1590. The minimum atomic E-state index is -0.308. The third-order valence-corrected chi connectivity index (χ3v) is 8.40. The van der Waals surface area contributed by atoms with E-state index in [2.05, 4.69) is 39.9 Å². The number of carbonyl (C=O) groups excluding carboxylic acids is 2. The van der Waals surface area contributed by atoms with E-state index < -0.39 is 0 Å². The first-order valence-electron chi connectivity index (χ1n) is 12.5. The number of para-hydroxylation sites is 2. The van der Waals surface area contributed by atoms with Crippen LogP contribution in [0.5, 0.6) is 0 Å². The van der Waals surface area contributed by atoms with Gasteiger partial charge in [0.2, 0.25) is 0 Å². The number of hydrogen-bond donors (Lipinski definition) is 1. The van der Waals surface area contributed by atoms with Gasteiger partial charge in [-0.2, -0.15) is 0 Å². The Balaban J connectivity index is 1.51. The number of nitrogens with one attached hydrogen (secondary N) is 1. The van der Waals surface area contributed by atoms with Crippen LogP contribution in [0.4, 0.5) is 0 Å². The number of likely N-dealkylation sites (tertiary alicyclic amines) is 1. The smallest absolute Gasteiger partial charge is 0.259 e. The summed E-state index contributed by atoms with van der Waals surface area (Å²) in [6.07, 6.45) is 2.91. The summed E-state index contributed by atoms with van der Waals surface area (Å²) in [6.45, 7) is 6.49. The van der Waals surface area contributed by atoms with Crippen LogP contribution in [0, 0.1) is 11.8 Å². The lowest BCUT2D eigenvalue weighted by Gasteiger charge is -2.28. The molecule has 3 aliphatic heterocycles. The highest BCUT2D eigenvalue weighted by atomic mass is 16.2. The first-order chi connectivity index (χ1) is 17.0. The van der Waals surface area contributed by atoms with Gasteiger partial charge in [0.15, 0.2) is 0 Å². The lowest BCUT2D eigenvalue weighted by atomic mass is 9.85. The van der Waals surface area contributed by atoms with Gasteiger partial charge in [-0.1, -0.05) is 43.3 Å². The van der Waals surface area contributed by atoms with E-state index >= 15 is 0 Å². The normalized spacial score (nSPS) is 22.3. The van der Waals surface area contributed by atoms with Gasteiger partial charge in [0.25, 0.3) is 11.8 Å². The number of aryl methyl sites for hydroxylation is 1. The van der Waals surface area contributed by atoms with Crippen LogP contribution in [0.3, 0.4) is 0 Å². The van der Waals surface area contributed by atoms with Gasteiger partial charge in [0, 0.05) is 71.5 Å². The molecule has 1 N–H and O–H groups in total. The van der Waals surface area contributed by atoms with Crippen LogP contribution in [0.15, 0.2) is 54.7 Å². The number of benzene rings is 2. The Kier molecular flexibility index (Phi) is 4.39. The summed E-state index contributed by atoms with van der Waals surface area (Å²) >= 11 is 0. The summed E-state index contributed by atoms with van der Waals surface area (Å²) in [6, 6.07) is 16.4. The van der Waals surface area contributed by atoms with Gasteiger partial charge in [0.1, 0.15) is 0 Å². The molecule has 7 rings (SSSR count). The van der Waals surface area contributed by atoms with E-state index in [9.17, 15) is 9.59 Å². The van der Waals surface area contributed by atoms with Crippen molar-refractivity contribution in [3.05, 3.63) is 71.5 Å². The molecule has 2 aromatic carbocycles. The number of fused-ring (bicyclic) bond motifs is 5. The van der Waals surface area contributed by atoms with E-state index in [4.69, 9.17) is 0 Å². The molecule has 0 bridgehead atoms. The molecule has 1 fully saturated rings. The third-order valence-electron chi connectivity index (χ3n) is 8.40. The third kappa shape index (κ3) is 2.86. The van der Waals surface area contributed by atoms with E-state index in [-0.39, 0.29) is 11.8 Å². The lowest BCUT2D eigenvalue weighted by Crippen LogP contribution is -2.28. The van der Waals surface area contributed by atoms with E-state index in [1.807, 2.05) is 48.1 Å². The second-order valence-corrected chi connectivity index (χ2v) is 10.2. The average molecular weight is 465 g/mol. The first kappa shape index (κ1) is 20.7. The fourth-order valence-corrected chi connectivity index (χ4v) is 6.76. The minimum absolute atomic E-state index is 0.291. The lowest BCUT2D eigenvalue weighted by molar-refractivity contribution is -0.122. The molecule has 1 saturated heterocycles. The zero-order valence-electron chi connectivity index (χ0n) is 20.0. The summed E-state index contributed by atoms with van der Waals surface area (Å²) in [5.74, 6) is 0.599. The number of hydrogen-bond acceptors (Lipinski definition) is 3. The van der Waals surface area contributed by atoms with Crippen LogP contribution >= 0.6 is 0 Å². The maximum absolute atomic E-state index is 13.5. The van der Waals surface area contributed by atoms with Crippen molar-refractivity contribution in [3.8, 4) is 0 Å². The van der Waals surface area contributed by atoms with Gasteiger partial charge in [-0.15, -0.1) is 0 Å². The minimum Gasteiger partial charge on any atom is -0.350 e. The topological polar surface area (TPSA) is 59.3 Å². The molecule has 2 amide bonds. The quantitative estimate of drug-likeness (QED) is 0.469. The first-order valence-corrected chi connectivity index (χ1v) is 12.5. The van der Waals surface area contributed by atoms with Crippen molar-refractivity contribution in [3.63, 3.8) is 0 Å². The zero-order chi connectivity index (χ0) is 23.8. The molecule has 35 heavy (non-hydrogen) atoms. The molecule has 0 aliphatic carbocycles. The van der Waals surface area contributed by atoms with Crippen LogP contribution in [-0.2, 0) is 29.6 Å². The number of aromatic nitrogens is 2. The standard InChI is InChI=1S/C29H28N4O2/c1-3-32-13-17-12-24-25(20-9-5-7-11-23(20)33(24)15-18(17)14-32)27-26(28(34)30-29(27)35)21-16-31(2)22-10-6-4-8-19(21)22/h4-11,16-18H,3,12-15H2,1-2H3,(H,30,34,35)/t17-,18-/m0/s1. The average Bonchev–Trinajstić information content (AvgIpc) is 3.58. The SMILES string of the molecule is CCN1C[C@@H]2Cc3c(C4=C(c5cn(C)c6ccccc56)C(=O)NC4=O)c4ccccc4n3C[C@@H]2C1. The summed E-state index contributed by atoms with van der Waals surface area (Å²) in [4.78, 5) is 29.3. The molecule has 3 aliphatic rings. The van der Waals surface area contributed by atoms with Gasteiger partial charge in [-0.05, 0) is 36.9 Å². The van der Waals surface area contributed by atoms with E-state index in [1.165, 1.54) is 5.69 Å². The molecule has 0 radical (unpaired) electrons. The molecule has 6 heteroatoms. The van der Waals surface area contributed by atoms with Gasteiger partial charge in [-0.25, -0.2) is 0 Å². The predicted molar refractivity (Wildman–Crippen MR) is 138 cm³/mol. The Morgan fingerprint density at radius 3 is 2.34 bits per heavy atom. The largest absolute Gasteiger partial charge is 0.350 e. The van der Waals surface area contributed by atoms with Crippen LogP contribution in [0.1, 0.15) is 23.7 Å². The zero-order valence-corrected chi connectivity index (χ0v) is 20.0. The van der Waals surface area contributed by atoms with Crippen LogP contribution < -0.4 is 5.32 Å². The fraction of sp³-hybridized carbons (Fsp3) is 0.310. The molecule has 176 valence electrons. The summed E-state index contributed by atoms with van der Waals surface area (Å²) in [7, 11) is 1.98. The Hall–Kier alpha value is -3.64. The maximum atomic E-state index is 13.5. The maximum Gasteiger partial charge on any atom is 0.259 e. The van der Waals surface area contributed by atoms with Crippen LogP contribution in [0.2, 0.25) is 0 Å². The molecule has 2 atom stereocenters. The van der Waals surface area contributed by atoms with Crippen molar-refractivity contribution in [1.29, 1.82) is 0 Å². The monoisotopic (exact) mass is 464 g/mol. The highest BCUT2D eigenvalue weighted by Crippen LogP contribution is 2.44. The molecule has 0 unspecified atom stereocenters. The summed E-state index contributed by atoms with van der Waals surface area (Å²) in [5.41, 5.74) is 6.18. The van der Waals surface area contributed by atoms with Crippen LogP contribution in [-0.4, -0.2) is 45.5 Å². The van der Waals surface area contributed by atoms with Gasteiger partial charge in [-0.3, -0.25) is 14.9 Å². The van der Waals surface area contributed by atoms with Crippen molar-refractivity contribution in [2.75, 3.05) is 19.6 Å². The molecule has 0 saturated carbocycles. The highest BCUT2D eigenvalue weighted by molar-refractivity contribution is 6.51. The number of rotatable bonds is 3. The summed E-state index contributed by atoms with van der Waals surface area (Å²) < 4.78 is 4.45. The predicted octanol–water partition coefficient (Wildman–Crippen LogP) is 3.82. The number of nitrogens with zero attached hydrogens (tertiary/aromatic N) is 3. The second kappa shape index (κ2) is 7.43. The number of amides is 2. The Morgan fingerprint density at radius 2 is 1.54 bits per heavy atom. The van der Waals surface area contributed by atoms with Crippen molar-refractivity contribution in [2.24, 2.45) is 18.9 Å².